The number of carbonyl (C=O) groups excluding carboxylic acids is 2. The Labute approximate surface area is 106 Å². The molecule has 5 heteroatoms. The van der Waals surface area contributed by atoms with Gasteiger partial charge in [-0.05, 0) is 33.8 Å². The SMILES string of the molecule is Cc1cc(C(=O)CCl)c(C)n1C(C)(C)C(N)=O. The van der Waals surface area contributed by atoms with E-state index < -0.39 is 11.4 Å². The van der Waals surface area contributed by atoms with Crippen LogP contribution in [0.25, 0.3) is 0 Å². The van der Waals surface area contributed by atoms with Crippen molar-refractivity contribution in [2.24, 2.45) is 5.73 Å². The highest BCUT2D eigenvalue weighted by molar-refractivity contribution is 6.30. The molecule has 1 heterocycles. The molecule has 1 aromatic heterocycles. The Hall–Kier alpha value is -1.29. The van der Waals surface area contributed by atoms with Crippen LogP contribution in [0.1, 0.15) is 35.6 Å². The molecule has 1 rings (SSSR count). The summed E-state index contributed by atoms with van der Waals surface area (Å²) in [4.78, 5) is 23.1. The molecule has 0 radical (unpaired) electrons. The number of nitrogens with two attached hydrogens (primary N) is 1. The van der Waals surface area contributed by atoms with E-state index in [2.05, 4.69) is 0 Å². The number of Topliss-reactive ketones (excluding diaryl/α,β-unsaturated/α-hetero) is 1. The van der Waals surface area contributed by atoms with Crippen LogP contribution in [-0.4, -0.2) is 22.1 Å². The van der Waals surface area contributed by atoms with Crippen molar-refractivity contribution in [3.8, 4) is 0 Å². The maximum Gasteiger partial charge on any atom is 0.243 e. The first-order valence-electron chi connectivity index (χ1n) is 5.32. The van der Waals surface area contributed by atoms with Crippen LogP contribution in [0.5, 0.6) is 0 Å². The van der Waals surface area contributed by atoms with Crippen molar-refractivity contribution in [1.82, 2.24) is 4.57 Å². The van der Waals surface area contributed by atoms with E-state index in [-0.39, 0.29) is 11.7 Å². The number of amides is 1. The molecule has 0 saturated heterocycles. The Bertz CT molecular complexity index is 475. The number of hydrogen-bond acceptors (Lipinski definition) is 2. The predicted molar refractivity (Wildman–Crippen MR) is 67.5 cm³/mol. The van der Waals surface area contributed by atoms with Gasteiger partial charge in [0.25, 0.3) is 0 Å². The fourth-order valence-electron chi connectivity index (χ4n) is 2.09. The summed E-state index contributed by atoms with van der Waals surface area (Å²) in [6, 6.07) is 1.74. The molecule has 0 aliphatic heterocycles. The number of hydrogen-bond donors (Lipinski definition) is 1. The predicted octanol–water partition coefficient (Wildman–Crippen LogP) is 1.75. The fraction of sp³-hybridized carbons (Fsp3) is 0.500. The molecule has 0 fully saturated rings. The van der Waals surface area contributed by atoms with E-state index in [4.69, 9.17) is 17.3 Å². The van der Waals surface area contributed by atoms with Crippen LogP contribution in [0.4, 0.5) is 0 Å². The van der Waals surface area contributed by atoms with Crippen LogP contribution in [-0.2, 0) is 10.3 Å². The minimum absolute atomic E-state index is 0.0682. The molecule has 1 amide bonds. The Kier molecular flexibility index (Phi) is 3.67. The van der Waals surface area contributed by atoms with E-state index >= 15 is 0 Å². The van der Waals surface area contributed by atoms with Crippen molar-refractivity contribution in [3.05, 3.63) is 23.0 Å². The van der Waals surface area contributed by atoms with E-state index in [1.165, 1.54) is 0 Å². The summed E-state index contributed by atoms with van der Waals surface area (Å²) in [7, 11) is 0. The molecule has 0 unspecified atom stereocenters. The summed E-state index contributed by atoms with van der Waals surface area (Å²) in [5.74, 6) is -0.656. The number of carbonyl (C=O) groups is 2. The lowest BCUT2D eigenvalue weighted by Gasteiger charge is -2.27. The van der Waals surface area contributed by atoms with E-state index in [0.29, 0.717) is 5.56 Å². The van der Waals surface area contributed by atoms with E-state index in [1.807, 2.05) is 6.92 Å². The lowest BCUT2D eigenvalue weighted by atomic mass is 10.0. The number of ketones is 1. The smallest absolute Gasteiger partial charge is 0.243 e. The Balaban J connectivity index is 3.42. The summed E-state index contributed by atoms with van der Waals surface area (Å²) in [5, 5.41) is 0. The molecule has 0 spiro atoms. The molecule has 0 aliphatic carbocycles. The maximum absolute atomic E-state index is 11.6. The van der Waals surface area contributed by atoms with Gasteiger partial charge in [0.2, 0.25) is 5.91 Å². The summed E-state index contributed by atoms with van der Waals surface area (Å²) in [5.41, 5.74) is 6.61. The lowest BCUT2D eigenvalue weighted by molar-refractivity contribution is -0.125. The van der Waals surface area contributed by atoms with Crippen molar-refractivity contribution >= 4 is 23.3 Å². The molecule has 2 N–H and O–H groups in total. The van der Waals surface area contributed by atoms with Crippen LogP contribution in [0.2, 0.25) is 0 Å². The lowest BCUT2D eigenvalue weighted by Crippen LogP contribution is -2.42. The van der Waals surface area contributed by atoms with Crippen molar-refractivity contribution < 1.29 is 9.59 Å². The molecule has 4 nitrogen and oxygen atoms in total. The zero-order valence-electron chi connectivity index (χ0n) is 10.5. The summed E-state index contributed by atoms with van der Waals surface area (Å²) in [6.45, 7) is 7.08. The highest BCUT2D eigenvalue weighted by atomic mass is 35.5. The van der Waals surface area contributed by atoms with Crippen LogP contribution in [0.3, 0.4) is 0 Å². The Morgan fingerprint density at radius 2 is 1.94 bits per heavy atom. The number of aromatic nitrogens is 1. The average Bonchev–Trinajstić information content (AvgIpc) is 2.53. The highest BCUT2D eigenvalue weighted by Crippen LogP contribution is 2.25. The van der Waals surface area contributed by atoms with E-state index in [9.17, 15) is 9.59 Å². The zero-order chi connectivity index (χ0) is 13.4. The first kappa shape index (κ1) is 13.8. The molecular weight excluding hydrogens is 240 g/mol. The second-order valence-electron chi connectivity index (χ2n) is 4.60. The van der Waals surface area contributed by atoms with Gasteiger partial charge in [0.15, 0.2) is 5.78 Å². The van der Waals surface area contributed by atoms with Crippen molar-refractivity contribution in [2.75, 3.05) is 5.88 Å². The molecule has 0 saturated carbocycles. The van der Waals surface area contributed by atoms with Gasteiger partial charge in [0.1, 0.15) is 5.54 Å². The minimum atomic E-state index is -0.862. The third-order valence-electron chi connectivity index (χ3n) is 3.01. The van der Waals surface area contributed by atoms with Gasteiger partial charge >= 0.3 is 0 Å². The summed E-state index contributed by atoms with van der Waals surface area (Å²) >= 11 is 5.55. The average molecular weight is 257 g/mol. The molecule has 0 atom stereocenters. The molecular formula is C12H17ClN2O2. The summed E-state index contributed by atoms with van der Waals surface area (Å²) < 4.78 is 1.77. The highest BCUT2D eigenvalue weighted by Gasteiger charge is 2.31. The maximum atomic E-state index is 11.6. The quantitative estimate of drug-likeness (QED) is 0.659. The first-order chi connectivity index (χ1) is 7.73. The second kappa shape index (κ2) is 4.53. The Morgan fingerprint density at radius 1 is 1.41 bits per heavy atom. The number of nitrogens with zero attached hydrogens (tertiary/aromatic N) is 1. The van der Waals surface area contributed by atoms with Crippen molar-refractivity contribution in [1.29, 1.82) is 0 Å². The molecule has 0 aliphatic rings. The van der Waals surface area contributed by atoms with Gasteiger partial charge in [-0.3, -0.25) is 9.59 Å². The number of aryl methyl sites for hydroxylation is 1. The number of rotatable bonds is 4. The van der Waals surface area contributed by atoms with E-state index in [1.54, 1.807) is 31.4 Å². The van der Waals surface area contributed by atoms with Gasteiger partial charge in [-0.15, -0.1) is 11.6 Å². The van der Waals surface area contributed by atoms with E-state index in [0.717, 1.165) is 11.4 Å². The third kappa shape index (κ3) is 2.22. The van der Waals surface area contributed by atoms with Gasteiger partial charge in [-0.1, -0.05) is 0 Å². The molecule has 17 heavy (non-hydrogen) atoms. The van der Waals surface area contributed by atoms with Crippen LogP contribution in [0, 0.1) is 13.8 Å². The van der Waals surface area contributed by atoms with Gasteiger partial charge in [0.05, 0.1) is 5.88 Å². The molecule has 1 aromatic rings. The second-order valence-corrected chi connectivity index (χ2v) is 4.87. The van der Waals surface area contributed by atoms with Crippen LogP contribution >= 0.6 is 11.6 Å². The van der Waals surface area contributed by atoms with Crippen LogP contribution in [0.15, 0.2) is 6.07 Å². The number of alkyl halides is 1. The number of halogens is 1. The largest absolute Gasteiger partial charge is 0.368 e. The van der Waals surface area contributed by atoms with Gasteiger partial charge in [-0.25, -0.2) is 0 Å². The topological polar surface area (TPSA) is 65.1 Å². The standard InChI is InChI=1S/C12H17ClN2O2/c1-7-5-9(10(16)6-13)8(2)15(7)12(3,4)11(14)17/h5H,6H2,1-4H3,(H2,14,17). The fourth-order valence-corrected chi connectivity index (χ4v) is 2.23. The molecule has 94 valence electrons. The number of primary amides is 1. The molecule has 0 aromatic carbocycles. The normalized spacial score (nSPS) is 11.6. The van der Waals surface area contributed by atoms with Gasteiger partial charge in [-0.2, -0.15) is 0 Å². The third-order valence-corrected chi connectivity index (χ3v) is 3.26. The molecule has 0 bridgehead atoms. The Morgan fingerprint density at radius 3 is 2.35 bits per heavy atom. The van der Waals surface area contributed by atoms with Gasteiger partial charge in [0, 0.05) is 17.0 Å². The minimum Gasteiger partial charge on any atom is -0.368 e. The first-order valence-corrected chi connectivity index (χ1v) is 5.85. The van der Waals surface area contributed by atoms with Crippen LogP contribution < -0.4 is 5.73 Å². The van der Waals surface area contributed by atoms with Crippen molar-refractivity contribution in [3.63, 3.8) is 0 Å². The summed E-state index contributed by atoms with van der Waals surface area (Å²) in [6.07, 6.45) is 0. The zero-order valence-corrected chi connectivity index (χ0v) is 11.3. The monoisotopic (exact) mass is 256 g/mol. The van der Waals surface area contributed by atoms with Crippen molar-refractivity contribution in [2.45, 2.75) is 33.2 Å². The van der Waals surface area contributed by atoms with Gasteiger partial charge < -0.3 is 10.3 Å².